The molecule has 1 aromatic heterocycles. The number of carbonyl (C=O) groups excluding carboxylic acids is 1. The van der Waals surface area contributed by atoms with Crippen molar-refractivity contribution in [2.24, 2.45) is 5.92 Å². The molecule has 2 aliphatic rings. The summed E-state index contributed by atoms with van der Waals surface area (Å²) in [6, 6.07) is 0. The topological polar surface area (TPSA) is 36.4 Å². The van der Waals surface area contributed by atoms with Crippen molar-refractivity contribution in [1.82, 2.24) is 9.88 Å². The van der Waals surface area contributed by atoms with Gasteiger partial charge in [0.25, 0.3) is 0 Å². The number of hydrogen-bond acceptors (Lipinski definition) is 4. The Labute approximate surface area is 131 Å². The lowest BCUT2D eigenvalue weighted by Gasteiger charge is -2.34. The smallest absolute Gasteiger partial charge is 0.222 e. The minimum absolute atomic E-state index is 0.358. The summed E-state index contributed by atoms with van der Waals surface area (Å²) >= 11 is 1.74. The van der Waals surface area contributed by atoms with E-state index in [4.69, 9.17) is 0 Å². The van der Waals surface area contributed by atoms with Crippen LogP contribution in [0.2, 0.25) is 0 Å². The summed E-state index contributed by atoms with van der Waals surface area (Å²) in [4.78, 5) is 22.3. The van der Waals surface area contributed by atoms with E-state index < -0.39 is 0 Å². The van der Waals surface area contributed by atoms with Crippen LogP contribution in [0.15, 0.2) is 6.20 Å². The molecule has 5 heteroatoms. The van der Waals surface area contributed by atoms with E-state index in [1.165, 1.54) is 30.6 Å². The van der Waals surface area contributed by atoms with Crippen molar-refractivity contribution < 1.29 is 4.79 Å². The van der Waals surface area contributed by atoms with Crippen LogP contribution in [0.25, 0.3) is 0 Å². The Hall–Kier alpha value is -1.10. The average molecular weight is 307 g/mol. The fraction of sp³-hybridized carbons (Fsp3) is 0.750. The predicted octanol–water partition coefficient (Wildman–Crippen LogP) is 3.07. The van der Waals surface area contributed by atoms with Crippen LogP contribution < -0.4 is 4.90 Å². The fourth-order valence-corrected chi connectivity index (χ4v) is 4.23. The fourth-order valence-electron chi connectivity index (χ4n) is 3.42. The number of carbonyl (C=O) groups is 1. The molecule has 2 fully saturated rings. The monoisotopic (exact) mass is 307 g/mol. The zero-order chi connectivity index (χ0) is 14.7. The van der Waals surface area contributed by atoms with E-state index in [-0.39, 0.29) is 0 Å². The highest BCUT2D eigenvalue weighted by Gasteiger charge is 2.23. The van der Waals surface area contributed by atoms with E-state index >= 15 is 0 Å². The van der Waals surface area contributed by atoms with Gasteiger partial charge in [-0.1, -0.05) is 25.7 Å². The minimum atomic E-state index is 0.358. The lowest BCUT2D eigenvalue weighted by Crippen LogP contribution is -2.48. The predicted molar refractivity (Wildman–Crippen MR) is 86.8 cm³/mol. The van der Waals surface area contributed by atoms with Crippen molar-refractivity contribution in [3.63, 3.8) is 0 Å². The van der Waals surface area contributed by atoms with Crippen LogP contribution in [0.3, 0.4) is 0 Å². The van der Waals surface area contributed by atoms with Gasteiger partial charge in [0.2, 0.25) is 5.91 Å². The summed E-state index contributed by atoms with van der Waals surface area (Å²) in [7, 11) is 0. The number of aromatic nitrogens is 1. The molecule has 0 bridgehead atoms. The van der Waals surface area contributed by atoms with Gasteiger partial charge in [0.1, 0.15) is 0 Å². The average Bonchev–Trinajstić information content (AvgIpc) is 3.16. The van der Waals surface area contributed by atoms with Crippen LogP contribution in [-0.4, -0.2) is 42.0 Å². The number of piperazine rings is 1. The largest absolute Gasteiger partial charge is 0.345 e. The van der Waals surface area contributed by atoms with Gasteiger partial charge in [-0.05, 0) is 19.3 Å². The SMILES string of the molecule is Cc1cnc(N2CCN(C(=O)CCC3CCCC3)CC2)s1. The van der Waals surface area contributed by atoms with E-state index in [0.717, 1.165) is 50.1 Å². The Morgan fingerprint density at radius 1 is 1.29 bits per heavy atom. The lowest BCUT2D eigenvalue weighted by molar-refractivity contribution is -0.131. The van der Waals surface area contributed by atoms with Crippen molar-refractivity contribution in [2.45, 2.75) is 45.4 Å². The van der Waals surface area contributed by atoms with Gasteiger partial charge in [-0.25, -0.2) is 4.98 Å². The highest BCUT2D eigenvalue weighted by Crippen LogP contribution is 2.29. The molecule has 1 saturated carbocycles. The third-order valence-electron chi connectivity index (χ3n) is 4.75. The zero-order valence-corrected chi connectivity index (χ0v) is 13.7. The molecule has 1 aliphatic carbocycles. The summed E-state index contributed by atoms with van der Waals surface area (Å²) in [6.45, 7) is 5.62. The molecule has 1 aliphatic heterocycles. The van der Waals surface area contributed by atoms with Crippen LogP contribution >= 0.6 is 11.3 Å². The molecule has 116 valence electrons. The molecule has 3 rings (SSSR count). The molecule has 21 heavy (non-hydrogen) atoms. The van der Waals surface area contributed by atoms with Crippen LogP contribution in [0.1, 0.15) is 43.4 Å². The molecule has 0 atom stereocenters. The second kappa shape index (κ2) is 6.77. The molecule has 0 N–H and O–H groups in total. The second-order valence-electron chi connectivity index (χ2n) is 6.31. The standard InChI is InChI=1S/C16H25N3OS/c1-13-12-17-16(21-13)19-10-8-18(9-11-19)15(20)7-6-14-4-2-3-5-14/h12,14H,2-11H2,1H3. The van der Waals surface area contributed by atoms with Crippen molar-refractivity contribution in [1.29, 1.82) is 0 Å². The minimum Gasteiger partial charge on any atom is -0.345 e. The van der Waals surface area contributed by atoms with Gasteiger partial charge < -0.3 is 9.80 Å². The molecule has 0 radical (unpaired) electrons. The van der Waals surface area contributed by atoms with Gasteiger partial charge in [-0.3, -0.25) is 4.79 Å². The van der Waals surface area contributed by atoms with Gasteiger partial charge >= 0.3 is 0 Å². The van der Waals surface area contributed by atoms with Crippen molar-refractivity contribution in [2.75, 3.05) is 31.1 Å². The van der Waals surface area contributed by atoms with Crippen LogP contribution in [-0.2, 0) is 4.79 Å². The van der Waals surface area contributed by atoms with E-state index in [9.17, 15) is 4.79 Å². The maximum atomic E-state index is 12.3. The Kier molecular flexibility index (Phi) is 4.78. The number of nitrogens with zero attached hydrogens (tertiary/aromatic N) is 3. The van der Waals surface area contributed by atoms with Crippen molar-refractivity contribution in [3.8, 4) is 0 Å². The number of rotatable bonds is 4. The molecule has 4 nitrogen and oxygen atoms in total. The Balaban J connectivity index is 1.43. The third kappa shape index (κ3) is 3.76. The normalized spacial score (nSPS) is 20.2. The summed E-state index contributed by atoms with van der Waals surface area (Å²) < 4.78 is 0. The first kappa shape index (κ1) is 14.8. The molecule has 2 heterocycles. The first-order valence-corrected chi connectivity index (χ1v) is 8.99. The van der Waals surface area contributed by atoms with Gasteiger partial charge in [-0.15, -0.1) is 11.3 Å². The van der Waals surface area contributed by atoms with Crippen molar-refractivity contribution >= 4 is 22.4 Å². The molecule has 0 aromatic carbocycles. The maximum Gasteiger partial charge on any atom is 0.222 e. The Morgan fingerprint density at radius 2 is 2.00 bits per heavy atom. The van der Waals surface area contributed by atoms with Crippen LogP contribution in [0.5, 0.6) is 0 Å². The summed E-state index contributed by atoms with van der Waals surface area (Å²) in [5.74, 6) is 1.17. The molecule has 1 aromatic rings. The summed E-state index contributed by atoms with van der Waals surface area (Å²) in [6.07, 6.45) is 9.19. The summed E-state index contributed by atoms with van der Waals surface area (Å²) in [5.41, 5.74) is 0. The molecular weight excluding hydrogens is 282 g/mol. The molecule has 1 amide bonds. The molecular formula is C16H25N3OS. The van der Waals surface area contributed by atoms with Crippen molar-refractivity contribution in [3.05, 3.63) is 11.1 Å². The third-order valence-corrected chi connectivity index (χ3v) is 5.73. The lowest BCUT2D eigenvalue weighted by atomic mass is 10.0. The second-order valence-corrected chi connectivity index (χ2v) is 7.52. The number of thiazole rings is 1. The quantitative estimate of drug-likeness (QED) is 0.858. The number of amides is 1. The van der Waals surface area contributed by atoms with Crippen LogP contribution in [0.4, 0.5) is 5.13 Å². The number of hydrogen-bond donors (Lipinski definition) is 0. The summed E-state index contributed by atoms with van der Waals surface area (Å²) in [5, 5.41) is 1.10. The molecule has 1 saturated heterocycles. The zero-order valence-electron chi connectivity index (χ0n) is 12.9. The van der Waals surface area contributed by atoms with Gasteiger partial charge in [-0.2, -0.15) is 0 Å². The highest BCUT2D eigenvalue weighted by molar-refractivity contribution is 7.15. The van der Waals surface area contributed by atoms with Gasteiger partial charge in [0.15, 0.2) is 5.13 Å². The number of anilines is 1. The van der Waals surface area contributed by atoms with E-state index in [1.54, 1.807) is 11.3 Å². The van der Waals surface area contributed by atoms with Gasteiger partial charge in [0, 0.05) is 43.7 Å². The Morgan fingerprint density at radius 3 is 2.62 bits per heavy atom. The van der Waals surface area contributed by atoms with E-state index in [2.05, 4.69) is 16.8 Å². The first-order chi connectivity index (χ1) is 10.2. The molecule has 0 spiro atoms. The Bertz CT molecular complexity index is 474. The van der Waals surface area contributed by atoms with Gasteiger partial charge in [0.05, 0.1) is 0 Å². The maximum absolute atomic E-state index is 12.3. The first-order valence-electron chi connectivity index (χ1n) is 8.17. The van der Waals surface area contributed by atoms with E-state index in [1.807, 2.05) is 11.1 Å². The van der Waals surface area contributed by atoms with E-state index in [0.29, 0.717) is 5.91 Å². The molecule has 0 unspecified atom stereocenters. The highest BCUT2D eigenvalue weighted by atomic mass is 32.1. The number of aryl methyl sites for hydroxylation is 1. The van der Waals surface area contributed by atoms with Crippen LogP contribution in [0, 0.1) is 12.8 Å².